The van der Waals surface area contributed by atoms with Crippen molar-refractivity contribution in [3.63, 3.8) is 0 Å². The molecule has 0 saturated carbocycles. The van der Waals surface area contributed by atoms with E-state index in [2.05, 4.69) is 41.7 Å². The second-order valence-electron chi connectivity index (χ2n) is 6.94. The van der Waals surface area contributed by atoms with E-state index in [0.29, 0.717) is 29.0 Å². The molecule has 0 unspecified atom stereocenters. The molecule has 0 saturated heterocycles. The summed E-state index contributed by atoms with van der Waals surface area (Å²) >= 11 is 5.78. The number of anilines is 1. The molecular formula is C22H17ClFN7O. The summed E-state index contributed by atoms with van der Waals surface area (Å²) in [4.78, 5) is 25.3. The normalized spacial score (nSPS) is 10.7. The highest BCUT2D eigenvalue weighted by atomic mass is 35.5. The standard InChI is InChI=1S/C22H17ClFN7O/c1-3-14-9-25-15(6-12(14)2)10-26-21-19-18(30-31-21)20(29-11-28-19)22(32)27-8-13-4-5-17(24)16(23)7-13/h1,4-7,9,11H,8,10H2,2H3,(H,27,32)(H2,26,30,31). The summed E-state index contributed by atoms with van der Waals surface area (Å²) in [6.07, 6.45) is 8.37. The van der Waals surface area contributed by atoms with Crippen molar-refractivity contribution in [1.29, 1.82) is 0 Å². The van der Waals surface area contributed by atoms with Crippen LogP contribution >= 0.6 is 11.6 Å². The second-order valence-corrected chi connectivity index (χ2v) is 7.34. The van der Waals surface area contributed by atoms with E-state index in [0.717, 1.165) is 16.8 Å². The molecule has 0 aliphatic rings. The molecule has 1 amide bonds. The number of terminal acetylenes is 1. The molecule has 3 N–H and O–H groups in total. The number of hydrogen-bond donors (Lipinski definition) is 3. The molecule has 0 aliphatic heterocycles. The van der Waals surface area contributed by atoms with Crippen LogP contribution in [0, 0.1) is 25.1 Å². The van der Waals surface area contributed by atoms with E-state index in [4.69, 9.17) is 18.0 Å². The third-order valence-electron chi connectivity index (χ3n) is 4.76. The lowest BCUT2D eigenvalue weighted by Gasteiger charge is -2.07. The third-order valence-corrected chi connectivity index (χ3v) is 5.05. The van der Waals surface area contributed by atoms with Crippen molar-refractivity contribution in [2.75, 3.05) is 5.32 Å². The molecular weight excluding hydrogens is 433 g/mol. The first kappa shape index (κ1) is 21.2. The fourth-order valence-electron chi connectivity index (χ4n) is 3.08. The Bertz CT molecular complexity index is 1360. The van der Waals surface area contributed by atoms with Gasteiger partial charge in [0.25, 0.3) is 5.91 Å². The van der Waals surface area contributed by atoms with E-state index >= 15 is 0 Å². The molecule has 4 aromatic rings. The maximum absolute atomic E-state index is 13.3. The first-order valence-electron chi connectivity index (χ1n) is 9.53. The molecule has 0 aliphatic carbocycles. The number of hydrogen-bond acceptors (Lipinski definition) is 6. The van der Waals surface area contributed by atoms with Crippen molar-refractivity contribution >= 4 is 34.4 Å². The highest BCUT2D eigenvalue weighted by Crippen LogP contribution is 2.21. The zero-order valence-electron chi connectivity index (χ0n) is 16.9. The van der Waals surface area contributed by atoms with Crippen LogP contribution in [-0.2, 0) is 13.1 Å². The topological polar surface area (TPSA) is 108 Å². The highest BCUT2D eigenvalue weighted by Gasteiger charge is 2.17. The van der Waals surface area contributed by atoms with Crippen molar-refractivity contribution < 1.29 is 9.18 Å². The Balaban J connectivity index is 1.48. The maximum atomic E-state index is 13.3. The SMILES string of the molecule is C#Cc1cnc(CNc2n[nH]c3c(C(=O)NCc4ccc(F)c(Cl)c4)ncnc23)cc1C. The fourth-order valence-corrected chi connectivity index (χ4v) is 3.29. The zero-order chi connectivity index (χ0) is 22.7. The van der Waals surface area contributed by atoms with Gasteiger partial charge in [0.2, 0.25) is 0 Å². The minimum Gasteiger partial charge on any atom is -0.361 e. The van der Waals surface area contributed by atoms with Gasteiger partial charge in [-0.2, -0.15) is 5.10 Å². The van der Waals surface area contributed by atoms with E-state index in [1.807, 2.05) is 13.0 Å². The lowest BCUT2D eigenvalue weighted by atomic mass is 10.1. The molecule has 4 rings (SSSR count). The Morgan fingerprint density at radius 1 is 1.25 bits per heavy atom. The zero-order valence-corrected chi connectivity index (χ0v) is 17.7. The number of halogens is 2. The fraction of sp³-hybridized carbons (Fsp3) is 0.136. The number of rotatable bonds is 6. The van der Waals surface area contributed by atoms with Gasteiger partial charge in [0.15, 0.2) is 11.5 Å². The van der Waals surface area contributed by atoms with E-state index in [9.17, 15) is 9.18 Å². The molecule has 1 aromatic carbocycles. The monoisotopic (exact) mass is 449 g/mol. The van der Waals surface area contributed by atoms with Crippen molar-refractivity contribution in [3.8, 4) is 12.3 Å². The Kier molecular flexibility index (Phi) is 5.96. The molecule has 0 atom stereocenters. The number of carbonyl (C=O) groups excluding carboxylic acids is 1. The predicted molar refractivity (Wildman–Crippen MR) is 118 cm³/mol. The van der Waals surface area contributed by atoms with Crippen LogP contribution in [0.15, 0.2) is 36.8 Å². The van der Waals surface area contributed by atoms with Gasteiger partial charge in [-0.1, -0.05) is 23.6 Å². The van der Waals surface area contributed by atoms with Gasteiger partial charge >= 0.3 is 0 Å². The Morgan fingerprint density at radius 2 is 2.09 bits per heavy atom. The van der Waals surface area contributed by atoms with Gasteiger partial charge in [-0.25, -0.2) is 14.4 Å². The first-order chi connectivity index (χ1) is 15.5. The summed E-state index contributed by atoms with van der Waals surface area (Å²) in [5, 5.41) is 12.9. The van der Waals surface area contributed by atoms with E-state index in [-0.39, 0.29) is 17.3 Å². The average molecular weight is 450 g/mol. The van der Waals surface area contributed by atoms with E-state index in [1.165, 1.54) is 18.5 Å². The van der Waals surface area contributed by atoms with Gasteiger partial charge in [0.05, 0.1) is 17.3 Å². The predicted octanol–water partition coefficient (Wildman–Crippen LogP) is 3.37. The number of nitrogens with one attached hydrogen (secondary N) is 3. The number of aromatic amines is 1. The van der Waals surface area contributed by atoms with Crippen LogP contribution in [0.5, 0.6) is 0 Å². The maximum Gasteiger partial charge on any atom is 0.272 e. The number of carbonyl (C=O) groups is 1. The molecule has 0 spiro atoms. The van der Waals surface area contributed by atoms with Crippen molar-refractivity contribution in [2.24, 2.45) is 0 Å². The van der Waals surface area contributed by atoms with E-state index in [1.54, 1.807) is 12.3 Å². The minimum atomic E-state index is -0.519. The summed E-state index contributed by atoms with van der Waals surface area (Å²) in [6, 6.07) is 6.14. The van der Waals surface area contributed by atoms with Gasteiger partial charge in [-0.05, 0) is 36.2 Å². The summed E-state index contributed by atoms with van der Waals surface area (Å²) in [5.41, 5.74) is 4.11. The van der Waals surface area contributed by atoms with Crippen molar-refractivity contribution in [1.82, 2.24) is 30.5 Å². The van der Waals surface area contributed by atoms with Crippen LogP contribution in [0.2, 0.25) is 5.02 Å². The van der Waals surface area contributed by atoms with Crippen molar-refractivity contribution in [2.45, 2.75) is 20.0 Å². The number of aryl methyl sites for hydroxylation is 1. The summed E-state index contributed by atoms with van der Waals surface area (Å²) < 4.78 is 13.3. The van der Waals surface area contributed by atoms with Crippen LogP contribution in [0.4, 0.5) is 10.2 Å². The molecule has 160 valence electrons. The van der Waals surface area contributed by atoms with Gasteiger partial charge in [0, 0.05) is 18.3 Å². The second kappa shape index (κ2) is 8.99. The van der Waals surface area contributed by atoms with Gasteiger partial charge in [0.1, 0.15) is 23.2 Å². The number of benzene rings is 1. The number of pyridine rings is 1. The Labute approximate surface area is 187 Å². The quantitative estimate of drug-likeness (QED) is 0.389. The van der Waals surface area contributed by atoms with Gasteiger partial charge < -0.3 is 10.6 Å². The first-order valence-corrected chi connectivity index (χ1v) is 9.91. The number of nitrogens with zero attached hydrogens (tertiary/aromatic N) is 4. The van der Waals surface area contributed by atoms with Crippen molar-refractivity contribution in [3.05, 3.63) is 75.7 Å². The Morgan fingerprint density at radius 3 is 2.84 bits per heavy atom. The number of amides is 1. The average Bonchev–Trinajstić information content (AvgIpc) is 3.21. The molecule has 10 heteroatoms. The van der Waals surface area contributed by atoms with Crippen LogP contribution in [0.1, 0.15) is 32.9 Å². The minimum absolute atomic E-state index is 0.0101. The van der Waals surface area contributed by atoms with Gasteiger partial charge in [-0.15, -0.1) is 6.42 Å². The molecule has 0 fully saturated rings. The largest absolute Gasteiger partial charge is 0.361 e. The summed E-state index contributed by atoms with van der Waals surface area (Å²) in [5.74, 6) is 2.09. The van der Waals surface area contributed by atoms with Crippen LogP contribution < -0.4 is 10.6 Å². The number of fused-ring (bicyclic) bond motifs is 1. The Hall–Kier alpha value is -4.03. The highest BCUT2D eigenvalue weighted by molar-refractivity contribution is 6.30. The van der Waals surface area contributed by atoms with Crippen LogP contribution in [-0.4, -0.2) is 31.1 Å². The molecule has 8 nitrogen and oxygen atoms in total. The third kappa shape index (κ3) is 4.36. The smallest absolute Gasteiger partial charge is 0.272 e. The lowest BCUT2D eigenvalue weighted by Crippen LogP contribution is -2.24. The molecule has 0 radical (unpaired) electrons. The lowest BCUT2D eigenvalue weighted by molar-refractivity contribution is 0.0947. The summed E-state index contributed by atoms with van der Waals surface area (Å²) in [6.45, 7) is 2.47. The van der Waals surface area contributed by atoms with E-state index < -0.39 is 11.7 Å². The number of aromatic nitrogens is 5. The van der Waals surface area contributed by atoms with Gasteiger partial charge in [-0.3, -0.25) is 14.9 Å². The van der Waals surface area contributed by atoms with Crippen LogP contribution in [0.3, 0.4) is 0 Å². The molecule has 3 aromatic heterocycles. The number of H-pyrrole nitrogens is 1. The summed E-state index contributed by atoms with van der Waals surface area (Å²) in [7, 11) is 0. The molecule has 0 bridgehead atoms. The molecule has 32 heavy (non-hydrogen) atoms. The molecule has 3 heterocycles. The van der Waals surface area contributed by atoms with Crippen LogP contribution in [0.25, 0.3) is 11.0 Å².